The van der Waals surface area contributed by atoms with E-state index < -0.39 is 5.97 Å². The number of anilines is 1. The molecule has 0 saturated heterocycles. The van der Waals surface area contributed by atoms with Crippen LogP contribution in [0.15, 0.2) is 30.5 Å². The molecule has 112 valence electrons. The summed E-state index contributed by atoms with van der Waals surface area (Å²) in [4.78, 5) is 31.8. The molecule has 1 fully saturated rings. The number of hydrogen-bond donors (Lipinski definition) is 2. The van der Waals surface area contributed by atoms with Crippen molar-refractivity contribution in [1.82, 2.24) is 9.97 Å². The zero-order chi connectivity index (χ0) is 15.7. The number of carbonyl (C=O) groups excluding carboxylic acids is 1. The van der Waals surface area contributed by atoms with Gasteiger partial charge in [-0.15, -0.1) is 0 Å². The number of nitrogens with one attached hydrogen (secondary N) is 1. The Morgan fingerprint density at radius 1 is 1.27 bits per heavy atom. The van der Waals surface area contributed by atoms with Gasteiger partial charge in [-0.3, -0.25) is 4.79 Å². The van der Waals surface area contributed by atoms with Crippen LogP contribution >= 0.6 is 0 Å². The van der Waals surface area contributed by atoms with E-state index in [0.29, 0.717) is 23.0 Å². The second-order valence-electron chi connectivity index (χ2n) is 5.36. The normalized spacial score (nSPS) is 13.7. The third-order valence-corrected chi connectivity index (χ3v) is 3.58. The van der Waals surface area contributed by atoms with Crippen LogP contribution in [0.4, 0.5) is 5.69 Å². The summed E-state index contributed by atoms with van der Waals surface area (Å²) in [6.07, 6.45) is 3.70. The van der Waals surface area contributed by atoms with Crippen LogP contribution in [-0.4, -0.2) is 27.0 Å². The van der Waals surface area contributed by atoms with Crippen molar-refractivity contribution in [2.45, 2.75) is 25.7 Å². The van der Waals surface area contributed by atoms with Gasteiger partial charge >= 0.3 is 5.97 Å². The van der Waals surface area contributed by atoms with Gasteiger partial charge in [0, 0.05) is 17.8 Å². The molecular formula is C16H15N3O3. The van der Waals surface area contributed by atoms with E-state index in [-0.39, 0.29) is 17.2 Å². The van der Waals surface area contributed by atoms with Crippen molar-refractivity contribution in [2.24, 2.45) is 0 Å². The highest BCUT2D eigenvalue weighted by atomic mass is 16.4. The predicted octanol–water partition coefficient (Wildman–Crippen LogP) is 2.61. The number of aryl methyl sites for hydroxylation is 1. The third kappa shape index (κ3) is 2.95. The van der Waals surface area contributed by atoms with Crippen molar-refractivity contribution in [3.8, 4) is 0 Å². The van der Waals surface area contributed by atoms with E-state index in [4.69, 9.17) is 5.11 Å². The van der Waals surface area contributed by atoms with Crippen LogP contribution in [0.3, 0.4) is 0 Å². The zero-order valence-electron chi connectivity index (χ0n) is 12.0. The highest BCUT2D eigenvalue weighted by Gasteiger charge is 2.27. The van der Waals surface area contributed by atoms with E-state index in [1.165, 1.54) is 6.07 Å². The number of aromatic nitrogens is 2. The molecule has 1 aromatic carbocycles. The summed E-state index contributed by atoms with van der Waals surface area (Å²) in [7, 11) is 0. The van der Waals surface area contributed by atoms with Gasteiger partial charge in [0.15, 0.2) is 0 Å². The number of carbonyl (C=O) groups is 2. The molecule has 0 unspecified atom stereocenters. The first-order valence-electron chi connectivity index (χ1n) is 7.03. The molecule has 0 atom stereocenters. The Labute approximate surface area is 127 Å². The molecule has 2 N–H and O–H groups in total. The Hall–Kier alpha value is -2.76. The van der Waals surface area contributed by atoms with Gasteiger partial charge in [-0.2, -0.15) is 0 Å². The smallest absolute Gasteiger partial charge is 0.336 e. The van der Waals surface area contributed by atoms with Gasteiger partial charge in [-0.25, -0.2) is 14.8 Å². The lowest BCUT2D eigenvalue weighted by Crippen LogP contribution is -2.15. The molecule has 0 aliphatic heterocycles. The summed E-state index contributed by atoms with van der Waals surface area (Å²) in [6, 6.07) is 6.32. The first-order chi connectivity index (χ1) is 10.5. The Kier molecular flexibility index (Phi) is 3.58. The first kappa shape index (κ1) is 14.2. The predicted molar refractivity (Wildman–Crippen MR) is 80.1 cm³/mol. The van der Waals surface area contributed by atoms with Crippen LogP contribution in [0.25, 0.3) is 0 Å². The van der Waals surface area contributed by atoms with Crippen LogP contribution in [-0.2, 0) is 0 Å². The molecule has 6 heteroatoms. The molecule has 1 saturated carbocycles. The standard InChI is InChI=1S/C16H15N3O3/c1-9-2-5-11(8-12(9)16(21)22)18-15(20)13-6-7-17-14(19-13)10-3-4-10/h2,5-8,10H,3-4H2,1H3,(H,18,20)(H,21,22). The lowest BCUT2D eigenvalue weighted by Gasteiger charge is -2.08. The molecule has 1 heterocycles. The highest BCUT2D eigenvalue weighted by Crippen LogP contribution is 2.37. The maximum atomic E-state index is 12.2. The minimum absolute atomic E-state index is 0.166. The number of amides is 1. The fourth-order valence-corrected chi connectivity index (χ4v) is 2.16. The molecular weight excluding hydrogens is 282 g/mol. The number of carboxylic acids is 1. The molecule has 0 spiro atoms. The number of carboxylic acid groups (broad SMARTS) is 1. The summed E-state index contributed by atoms with van der Waals surface area (Å²) in [5.41, 5.74) is 1.52. The third-order valence-electron chi connectivity index (χ3n) is 3.58. The van der Waals surface area contributed by atoms with E-state index in [1.54, 1.807) is 31.3 Å². The van der Waals surface area contributed by atoms with Crippen LogP contribution in [0.2, 0.25) is 0 Å². The van der Waals surface area contributed by atoms with E-state index in [0.717, 1.165) is 12.8 Å². The van der Waals surface area contributed by atoms with Gasteiger partial charge in [0.2, 0.25) is 0 Å². The van der Waals surface area contributed by atoms with Gasteiger partial charge < -0.3 is 10.4 Å². The summed E-state index contributed by atoms with van der Waals surface area (Å²) < 4.78 is 0. The average Bonchev–Trinajstić information content (AvgIpc) is 3.34. The van der Waals surface area contributed by atoms with Gasteiger partial charge in [0.05, 0.1) is 5.56 Å². The molecule has 1 aliphatic carbocycles. The highest BCUT2D eigenvalue weighted by molar-refractivity contribution is 6.03. The minimum atomic E-state index is -1.02. The first-order valence-corrected chi connectivity index (χ1v) is 7.03. The summed E-state index contributed by atoms with van der Waals surface area (Å²) in [5.74, 6) is -0.329. The van der Waals surface area contributed by atoms with E-state index >= 15 is 0 Å². The Morgan fingerprint density at radius 2 is 2.05 bits per heavy atom. The largest absolute Gasteiger partial charge is 0.478 e. The van der Waals surface area contributed by atoms with Crippen molar-refractivity contribution in [2.75, 3.05) is 5.32 Å². The summed E-state index contributed by atoms with van der Waals surface area (Å²) >= 11 is 0. The zero-order valence-corrected chi connectivity index (χ0v) is 12.0. The minimum Gasteiger partial charge on any atom is -0.478 e. The van der Waals surface area contributed by atoms with Gasteiger partial charge in [0.25, 0.3) is 5.91 Å². The molecule has 6 nitrogen and oxygen atoms in total. The van der Waals surface area contributed by atoms with E-state index in [2.05, 4.69) is 15.3 Å². The molecule has 1 aromatic heterocycles. The van der Waals surface area contributed by atoms with E-state index in [9.17, 15) is 9.59 Å². The number of rotatable bonds is 4. The van der Waals surface area contributed by atoms with Gasteiger partial charge in [-0.05, 0) is 43.5 Å². The lowest BCUT2D eigenvalue weighted by atomic mass is 10.1. The van der Waals surface area contributed by atoms with Crippen LogP contribution in [0, 0.1) is 6.92 Å². The van der Waals surface area contributed by atoms with Crippen molar-refractivity contribution in [3.05, 3.63) is 53.1 Å². The Morgan fingerprint density at radius 3 is 2.73 bits per heavy atom. The summed E-state index contributed by atoms with van der Waals surface area (Å²) in [6.45, 7) is 1.71. The number of hydrogen-bond acceptors (Lipinski definition) is 4. The average molecular weight is 297 g/mol. The fraction of sp³-hybridized carbons (Fsp3) is 0.250. The molecule has 0 bridgehead atoms. The van der Waals surface area contributed by atoms with Gasteiger partial charge in [-0.1, -0.05) is 6.07 Å². The Bertz CT molecular complexity index is 754. The van der Waals surface area contributed by atoms with E-state index in [1.807, 2.05) is 0 Å². The SMILES string of the molecule is Cc1ccc(NC(=O)c2ccnc(C3CC3)n2)cc1C(=O)O. The molecule has 1 aliphatic rings. The lowest BCUT2D eigenvalue weighted by molar-refractivity contribution is 0.0695. The van der Waals surface area contributed by atoms with Crippen molar-refractivity contribution in [1.29, 1.82) is 0 Å². The topological polar surface area (TPSA) is 92.2 Å². The van der Waals surface area contributed by atoms with Crippen molar-refractivity contribution < 1.29 is 14.7 Å². The van der Waals surface area contributed by atoms with Crippen molar-refractivity contribution >= 4 is 17.6 Å². The van der Waals surface area contributed by atoms with Crippen LogP contribution in [0.5, 0.6) is 0 Å². The fourth-order valence-electron chi connectivity index (χ4n) is 2.16. The monoisotopic (exact) mass is 297 g/mol. The molecule has 0 radical (unpaired) electrons. The second kappa shape index (κ2) is 5.55. The van der Waals surface area contributed by atoms with Crippen LogP contribution in [0.1, 0.15) is 51.0 Å². The molecule has 22 heavy (non-hydrogen) atoms. The summed E-state index contributed by atoms with van der Waals surface area (Å²) in [5, 5.41) is 11.8. The molecule has 3 rings (SSSR count). The maximum Gasteiger partial charge on any atom is 0.336 e. The molecule has 2 aromatic rings. The van der Waals surface area contributed by atoms with Crippen LogP contribution < -0.4 is 5.32 Å². The van der Waals surface area contributed by atoms with Crippen molar-refractivity contribution in [3.63, 3.8) is 0 Å². The quantitative estimate of drug-likeness (QED) is 0.905. The maximum absolute atomic E-state index is 12.2. The second-order valence-corrected chi connectivity index (χ2v) is 5.36. The molecule has 1 amide bonds. The number of aromatic carboxylic acids is 1. The number of benzene rings is 1. The van der Waals surface area contributed by atoms with Gasteiger partial charge in [0.1, 0.15) is 11.5 Å². The number of nitrogens with zero attached hydrogens (tertiary/aromatic N) is 2. The Balaban J connectivity index is 1.80.